The minimum atomic E-state index is -0.0422. The van der Waals surface area contributed by atoms with E-state index in [1.54, 1.807) is 24.4 Å². The monoisotopic (exact) mass is 303 g/mol. The van der Waals surface area contributed by atoms with Crippen LogP contribution in [0.4, 0.5) is 17.2 Å². The SMILES string of the molecule is Cc1cnc(Nc2ccccc2C(=O)c2ccccc2)c(N)c1. The van der Waals surface area contributed by atoms with E-state index in [1.807, 2.05) is 49.4 Å². The zero-order valence-electron chi connectivity index (χ0n) is 12.8. The van der Waals surface area contributed by atoms with Crippen LogP contribution in [0.25, 0.3) is 0 Å². The van der Waals surface area contributed by atoms with E-state index in [4.69, 9.17) is 5.73 Å². The molecular weight excluding hydrogens is 286 g/mol. The van der Waals surface area contributed by atoms with E-state index in [-0.39, 0.29) is 5.78 Å². The van der Waals surface area contributed by atoms with Gasteiger partial charge in [-0.15, -0.1) is 0 Å². The number of rotatable bonds is 4. The van der Waals surface area contributed by atoms with E-state index in [1.165, 1.54) is 0 Å². The summed E-state index contributed by atoms with van der Waals surface area (Å²) in [6, 6.07) is 18.4. The molecule has 0 fully saturated rings. The first-order chi connectivity index (χ1) is 11.1. The van der Waals surface area contributed by atoms with Crippen molar-refractivity contribution in [1.82, 2.24) is 4.98 Å². The van der Waals surface area contributed by atoms with E-state index < -0.39 is 0 Å². The summed E-state index contributed by atoms with van der Waals surface area (Å²) in [7, 11) is 0. The van der Waals surface area contributed by atoms with Crippen molar-refractivity contribution in [1.29, 1.82) is 0 Å². The fourth-order valence-electron chi connectivity index (χ4n) is 2.36. The van der Waals surface area contributed by atoms with Crippen LogP contribution in [0.15, 0.2) is 66.9 Å². The average molecular weight is 303 g/mol. The first kappa shape index (κ1) is 14.8. The third kappa shape index (κ3) is 3.21. The molecule has 1 aromatic heterocycles. The molecular formula is C19H17N3O. The number of carbonyl (C=O) groups excluding carboxylic acids is 1. The van der Waals surface area contributed by atoms with Crippen molar-refractivity contribution >= 4 is 23.0 Å². The molecule has 2 aromatic carbocycles. The second-order valence-corrected chi connectivity index (χ2v) is 5.32. The third-order valence-corrected chi connectivity index (χ3v) is 3.51. The van der Waals surface area contributed by atoms with Crippen molar-refractivity contribution in [3.8, 4) is 0 Å². The van der Waals surface area contributed by atoms with Crippen LogP contribution < -0.4 is 11.1 Å². The average Bonchev–Trinajstić information content (AvgIpc) is 2.58. The van der Waals surface area contributed by atoms with Gasteiger partial charge in [-0.3, -0.25) is 4.79 Å². The zero-order valence-corrected chi connectivity index (χ0v) is 12.8. The van der Waals surface area contributed by atoms with E-state index in [0.29, 0.717) is 28.3 Å². The zero-order chi connectivity index (χ0) is 16.2. The Kier molecular flexibility index (Phi) is 4.06. The normalized spacial score (nSPS) is 10.3. The summed E-state index contributed by atoms with van der Waals surface area (Å²) in [5.41, 5.74) is 9.45. The standard InChI is InChI=1S/C19H17N3O/c1-13-11-16(20)19(21-12-13)22-17-10-6-5-9-15(17)18(23)14-7-3-2-4-8-14/h2-12H,20H2,1H3,(H,21,22). The van der Waals surface area contributed by atoms with Gasteiger partial charge in [0.2, 0.25) is 0 Å². The minimum absolute atomic E-state index is 0.0422. The molecule has 0 aliphatic carbocycles. The highest BCUT2D eigenvalue weighted by molar-refractivity contribution is 6.12. The highest BCUT2D eigenvalue weighted by Crippen LogP contribution is 2.25. The molecule has 3 aromatic rings. The Labute approximate surface area is 135 Å². The number of anilines is 3. The molecule has 23 heavy (non-hydrogen) atoms. The lowest BCUT2D eigenvalue weighted by Crippen LogP contribution is -2.07. The molecule has 0 radical (unpaired) electrons. The molecule has 3 rings (SSSR count). The smallest absolute Gasteiger partial charge is 0.195 e. The summed E-state index contributed by atoms with van der Waals surface area (Å²) >= 11 is 0. The van der Waals surface area contributed by atoms with Crippen LogP contribution >= 0.6 is 0 Å². The summed E-state index contributed by atoms with van der Waals surface area (Å²) in [5, 5.41) is 3.16. The number of aryl methyl sites for hydroxylation is 1. The van der Waals surface area contributed by atoms with E-state index in [2.05, 4.69) is 10.3 Å². The van der Waals surface area contributed by atoms with Crippen LogP contribution in [-0.4, -0.2) is 10.8 Å². The summed E-state index contributed by atoms with van der Waals surface area (Å²) in [5.74, 6) is 0.503. The van der Waals surface area contributed by atoms with Gasteiger partial charge in [-0.1, -0.05) is 42.5 Å². The topological polar surface area (TPSA) is 68.0 Å². The summed E-state index contributed by atoms with van der Waals surface area (Å²) in [6.45, 7) is 1.93. The highest BCUT2D eigenvalue weighted by Gasteiger charge is 2.14. The summed E-state index contributed by atoms with van der Waals surface area (Å²) in [4.78, 5) is 17.0. The molecule has 0 bridgehead atoms. The minimum Gasteiger partial charge on any atom is -0.396 e. The third-order valence-electron chi connectivity index (χ3n) is 3.51. The van der Waals surface area contributed by atoms with Gasteiger partial charge in [-0.05, 0) is 30.7 Å². The number of para-hydroxylation sites is 1. The Morgan fingerprint density at radius 1 is 1.04 bits per heavy atom. The van der Waals surface area contributed by atoms with Crippen LogP contribution in [0.5, 0.6) is 0 Å². The predicted molar refractivity (Wildman–Crippen MR) is 93.0 cm³/mol. The van der Waals surface area contributed by atoms with Crippen LogP contribution in [0.3, 0.4) is 0 Å². The Hall–Kier alpha value is -3.14. The fraction of sp³-hybridized carbons (Fsp3) is 0.0526. The van der Waals surface area contributed by atoms with Crippen LogP contribution in [-0.2, 0) is 0 Å². The van der Waals surface area contributed by atoms with Crippen molar-refractivity contribution in [3.05, 3.63) is 83.6 Å². The molecule has 0 unspecified atom stereocenters. The first-order valence-electron chi connectivity index (χ1n) is 7.33. The van der Waals surface area contributed by atoms with Crippen LogP contribution in [0.2, 0.25) is 0 Å². The summed E-state index contributed by atoms with van der Waals surface area (Å²) in [6.07, 6.45) is 1.74. The van der Waals surface area contributed by atoms with E-state index in [9.17, 15) is 4.79 Å². The van der Waals surface area contributed by atoms with Crippen LogP contribution in [0.1, 0.15) is 21.5 Å². The maximum absolute atomic E-state index is 12.7. The number of carbonyl (C=O) groups is 1. The molecule has 0 aliphatic rings. The van der Waals surface area contributed by atoms with Gasteiger partial charge in [-0.2, -0.15) is 0 Å². The van der Waals surface area contributed by atoms with Crippen molar-refractivity contribution in [2.75, 3.05) is 11.1 Å². The molecule has 0 atom stereocenters. The van der Waals surface area contributed by atoms with Crippen LogP contribution in [0, 0.1) is 6.92 Å². The largest absolute Gasteiger partial charge is 0.396 e. The number of nitrogens with one attached hydrogen (secondary N) is 1. The molecule has 0 aliphatic heterocycles. The Morgan fingerprint density at radius 3 is 2.48 bits per heavy atom. The number of nitrogens with two attached hydrogens (primary N) is 1. The lowest BCUT2D eigenvalue weighted by molar-refractivity contribution is 0.103. The van der Waals surface area contributed by atoms with Gasteiger partial charge < -0.3 is 11.1 Å². The van der Waals surface area contributed by atoms with Gasteiger partial charge in [0.25, 0.3) is 0 Å². The number of pyridine rings is 1. The fourth-order valence-corrected chi connectivity index (χ4v) is 2.36. The van der Waals surface area contributed by atoms with Gasteiger partial charge in [0.15, 0.2) is 11.6 Å². The molecule has 0 saturated heterocycles. The second kappa shape index (κ2) is 6.32. The van der Waals surface area contributed by atoms with Gasteiger partial charge >= 0.3 is 0 Å². The number of nitrogen functional groups attached to an aromatic ring is 1. The van der Waals surface area contributed by atoms with Crippen molar-refractivity contribution in [3.63, 3.8) is 0 Å². The van der Waals surface area contributed by atoms with Crippen molar-refractivity contribution in [2.24, 2.45) is 0 Å². The number of benzene rings is 2. The molecule has 0 spiro atoms. The van der Waals surface area contributed by atoms with Crippen molar-refractivity contribution < 1.29 is 4.79 Å². The molecule has 1 heterocycles. The quantitative estimate of drug-likeness (QED) is 0.716. The molecule has 114 valence electrons. The van der Waals surface area contributed by atoms with Gasteiger partial charge in [0.1, 0.15) is 0 Å². The van der Waals surface area contributed by atoms with E-state index >= 15 is 0 Å². The number of hydrogen-bond acceptors (Lipinski definition) is 4. The first-order valence-corrected chi connectivity index (χ1v) is 7.33. The molecule has 0 saturated carbocycles. The summed E-state index contributed by atoms with van der Waals surface area (Å²) < 4.78 is 0. The molecule has 4 nitrogen and oxygen atoms in total. The Balaban J connectivity index is 1.97. The Morgan fingerprint density at radius 2 is 1.74 bits per heavy atom. The Bertz CT molecular complexity index is 844. The predicted octanol–water partition coefficient (Wildman–Crippen LogP) is 3.95. The van der Waals surface area contributed by atoms with Gasteiger partial charge in [0.05, 0.1) is 11.4 Å². The number of ketones is 1. The lowest BCUT2D eigenvalue weighted by atomic mass is 10.0. The number of nitrogens with zero attached hydrogens (tertiary/aromatic N) is 1. The second-order valence-electron chi connectivity index (χ2n) is 5.32. The molecule has 0 amide bonds. The molecule has 4 heteroatoms. The number of aromatic nitrogens is 1. The lowest BCUT2D eigenvalue weighted by Gasteiger charge is -2.12. The highest BCUT2D eigenvalue weighted by atomic mass is 16.1. The van der Waals surface area contributed by atoms with Crippen molar-refractivity contribution in [2.45, 2.75) is 6.92 Å². The maximum Gasteiger partial charge on any atom is 0.195 e. The van der Waals surface area contributed by atoms with Gasteiger partial charge in [-0.25, -0.2) is 4.98 Å². The number of hydrogen-bond donors (Lipinski definition) is 2. The molecule has 3 N–H and O–H groups in total. The van der Waals surface area contributed by atoms with Gasteiger partial charge in [0, 0.05) is 17.3 Å². The maximum atomic E-state index is 12.7. The van der Waals surface area contributed by atoms with E-state index in [0.717, 1.165) is 5.56 Å².